The first-order valence-corrected chi connectivity index (χ1v) is 6.41. The Morgan fingerprint density at radius 1 is 1.31 bits per heavy atom. The molecule has 0 aromatic heterocycles. The van der Waals surface area contributed by atoms with Gasteiger partial charge >= 0.3 is 0 Å². The van der Waals surface area contributed by atoms with Crippen molar-refractivity contribution in [3.63, 3.8) is 0 Å². The molecule has 16 heavy (non-hydrogen) atoms. The largest absolute Gasteiger partial charge is 0.352 e. The summed E-state index contributed by atoms with van der Waals surface area (Å²) in [5.41, 5.74) is 0.0111. The molecule has 0 radical (unpaired) electrons. The Hall–Kier alpha value is -0.570. The van der Waals surface area contributed by atoms with Crippen LogP contribution in [-0.2, 0) is 4.79 Å². The predicted octanol–water partition coefficient (Wildman–Crippen LogP) is 2.07. The van der Waals surface area contributed by atoms with Crippen LogP contribution < -0.4 is 10.6 Å². The highest BCUT2D eigenvalue weighted by Crippen LogP contribution is 2.23. The van der Waals surface area contributed by atoms with Crippen molar-refractivity contribution >= 4 is 5.91 Å². The number of amides is 1. The molecule has 0 aromatic rings. The van der Waals surface area contributed by atoms with E-state index in [-0.39, 0.29) is 11.4 Å². The standard InChI is InChI=1S/C13H26N2O/c1-10-6-5-7-11(8-10)15-12(16)9-14-13(2,3)4/h10-11,14H,5-9H2,1-4H3,(H,15,16). The number of rotatable bonds is 3. The fraction of sp³-hybridized carbons (Fsp3) is 0.923. The molecule has 0 aromatic carbocycles. The number of carbonyl (C=O) groups excluding carboxylic acids is 1. The summed E-state index contributed by atoms with van der Waals surface area (Å²) in [7, 11) is 0. The summed E-state index contributed by atoms with van der Waals surface area (Å²) < 4.78 is 0. The lowest BCUT2D eigenvalue weighted by molar-refractivity contribution is -0.121. The zero-order valence-electron chi connectivity index (χ0n) is 11.1. The highest BCUT2D eigenvalue weighted by molar-refractivity contribution is 5.78. The molecule has 0 bridgehead atoms. The quantitative estimate of drug-likeness (QED) is 0.773. The molecule has 94 valence electrons. The third kappa shape index (κ3) is 5.50. The molecule has 0 heterocycles. The van der Waals surface area contributed by atoms with Crippen molar-refractivity contribution < 1.29 is 4.79 Å². The van der Waals surface area contributed by atoms with Gasteiger partial charge in [0.1, 0.15) is 0 Å². The van der Waals surface area contributed by atoms with Gasteiger partial charge in [-0.15, -0.1) is 0 Å². The number of hydrogen-bond acceptors (Lipinski definition) is 2. The Morgan fingerprint density at radius 2 is 2.00 bits per heavy atom. The molecule has 2 atom stereocenters. The lowest BCUT2D eigenvalue weighted by Gasteiger charge is -2.28. The minimum atomic E-state index is 0.0111. The fourth-order valence-electron chi connectivity index (χ4n) is 2.19. The lowest BCUT2D eigenvalue weighted by atomic mass is 9.87. The van der Waals surface area contributed by atoms with E-state index in [4.69, 9.17) is 0 Å². The van der Waals surface area contributed by atoms with Crippen molar-refractivity contribution in [2.75, 3.05) is 6.54 Å². The van der Waals surface area contributed by atoms with Crippen molar-refractivity contribution in [2.45, 2.75) is 65.0 Å². The minimum absolute atomic E-state index is 0.0111. The molecule has 1 aliphatic carbocycles. The zero-order valence-corrected chi connectivity index (χ0v) is 11.1. The molecule has 1 aliphatic rings. The Bertz CT molecular complexity index is 233. The SMILES string of the molecule is CC1CCCC(NC(=O)CNC(C)(C)C)C1. The predicted molar refractivity (Wildman–Crippen MR) is 67.3 cm³/mol. The first kappa shape index (κ1) is 13.5. The third-order valence-electron chi connectivity index (χ3n) is 3.08. The first-order chi connectivity index (χ1) is 7.37. The van der Waals surface area contributed by atoms with Gasteiger partial charge in [-0.1, -0.05) is 19.8 Å². The molecule has 0 spiro atoms. The number of nitrogens with one attached hydrogen (secondary N) is 2. The molecule has 1 amide bonds. The Labute approximate surface area is 99.4 Å². The van der Waals surface area contributed by atoms with Gasteiger partial charge in [-0.25, -0.2) is 0 Å². The van der Waals surface area contributed by atoms with E-state index in [0.29, 0.717) is 12.6 Å². The minimum Gasteiger partial charge on any atom is -0.352 e. The molecule has 0 aliphatic heterocycles. The second-order valence-electron chi connectivity index (χ2n) is 6.14. The molecule has 3 heteroatoms. The van der Waals surface area contributed by atoms with Gasteiger partial charge in [0, 0.05) is 11.6 Å². The Morgan fingerprint density at radius 3 is 2.56 bits per heavy atom. The van der Waals surface area contributed by atoms with Crippen molar-refractivity contribution in [3.05, 3.63) is 0 Å². The van der Waals surface area contributed by atoms with Crippen molar-refractivity contribution in [1.29, 1.82) is 0 Å². The summed E-state index contributed by atoms with van der Waals surface area (Å²) >= 11 is 0. The van der Waals surface area contributed by atoms with Gasteiger partial charge in [0.05, 0.1) is 6.54 Å². The first-order valence-electron chi connectivity index (χ1n) is 6.41. The number of hydrogen-bond donors (Lipinski definition) is 2. The monoisotopic (exact) mass is 226 g/mol. The summed E-state index contributed by atoms with van der Waals surface area (Å²) in [6, 6.07) is 0.401. The van der Waals surface area contributed by atoms with Gasteiger partial charge in [0.25, 0.3) is 0 Å². The average Bonchev–Trinajstić information content (AvgIpc) is 2.14. The molecule has 2 unspecified atom stereocenters. The van der Waals surface area contributed by atoms with Crippen LogP contribution in [0.5, 0.6) is 0 Å². The smallest absolute Gasteiger partial charge is 0.234 e. The summed E-state index contributed by atoms with van der Waals surface area (Å²) in [5, 5.41) is 6.33. The Balaban J connectivity index is 2.23. The maximum atomic E-state index is 11.7. The van der Waals surface area contributed by atoms with Crippen LogP contribution in [-0.4, -0.2) is 24.0 Å². The highest BCUT2D eigenvalue weighted by Gasteiger charge is 2.20. The summed E-state index contributed by atoms with van der Waals surface area (Å²) in [6.45, 7) is 8.91. The summed E-state index contributed by atoms with van der Waals surface area (Å²) in [5.74, 6) is 0.892. The van der Waals surface area contributed by atoms with Crippen LogP contribution in [0, 0.1) is 5.92 Å². The van der Waals surface area contributed by atoms with Crippen LogP contribution in [0.3, 0.4) is 0 Å². The van der Waals surface area contributed by atoms with Crippen LogP contribution >= 0.6 is 0 Å². The molecule has 1 saturated carbocycles. The topological polar surface area (TPSA) is 41.1 Å². The fourth-order valence-corrected chi connectivity index (χ4v) is 2.19. The highest BCUT2D eigenvalue weighted by atomic mass is 16.2. The summed E-state index contributed by atoms with van der Waals surface area (Å²) in [4.78, 5) is 11.7. The van der Waals surface area contributed by atoms with Gasteiger partial charge in [-0.2, -0.15) is 0 Å². The van der Waals surface area contributed by atoms with Crippen LogP contribution in [0.15, 0.2) is 0 Å². The van der Waals surface area contributed by atoms with Gasteiger partial charge < -0.3 is 10.6 Å². The van der Waals surface area contributed by atoms with Gasteiger partial charge in [0.2, 0.25) is 5.91 Å². The molecule has 0 saturated heterocycles. The van der Waals surface area contributed by atoms with Crippen LogP contribution in [0.4, 0.5) is 0 Å². The van der Waals surface area contributed by atoms with E-state index in [2.05, 4.69) is 38.3 Å². The van der Waals surface area contributed by atoms with E-state index in [0.717, 1.165) is 18.8 Å². The molecule has 1 rings (SSSR count). The third-order valence-corrected chi connectivity index (χ3v) is 3.08. The van der Waals surface area contributed by atoms with E-state index in [9.17, 15) is 4.79 Å². The maximum absolute atomic E-state index is 11.7. The molecule has 1 fully saturated rings. The normalized spacial score (nSPS) is 26.5. The van der Waals surface area contributed by atoms with Gasteiger partial charge in [-0.3, -0.25) is 4.79 Å². The second kappa shape index (κ2) is 5.67. The van der Waals surface area contributed by atoms with Crippen molar-refractivity contribution in [2.24, 2.45) is 5.92 Å². The van der Waals surface area contributed by atoms with E-state index in [1.807, 2.05) is 0 Å². The van der Waals surface area contributed by atoms with Crippen LogP contribution in [0.25, 0.3) is 0 Å². The molecule has 2 N–H and O–H groups in total. The molecular weight excluding hydrogens is 200 g/mol. The summed E-state index contributed by atoms with van der Waals surface area (Å²) in [6.07, 6.45) is 4.85. The van der Waals surface area contributed by atoms with Gasteiger partial charge in [0.15, 0.2) is 0 Å². The van der Waals surface area contributed by atoms with Crippen LogP contribution in [0.2, 0.25) is 0 Å². The molecule has 3 nitrogen and oxygen atoms in total. The maximum Gasteiger partial charge on any atom is 0.234 e. The second-order valence-corrected chi connectivity index (χ2v) is 6.14. The van der Waals surface area contributed by atoms with Crippen molar-refractivity contribution in [1.82, 2.24) is 10.6 Å². The van der Waals surface area contributed by atoms with Gasteiger partial charge in [-0.05, 0) is 39.5 Å². The van der Waals surface area contributed by atoms with E-state index >= 15 is 0 Å². The van der Waals surface area contributed by atoms with E-state index in [1.165, 1.54) is 12.8 Å². The molecular formula is C13H26N2O. The van der Waals surface area contributed by atoms with E-state index < -0.39 is 0 Å². The zero-order chi connectivity index (χ0) is 12.2. The lowest BCUT2D eigenvalue weighted by Crippen LogP contribution is -2.46. The van der Waals surface area contributed by atoms with Crippen LogP contribution in [0.1, 0.15) is 53.4 Å². The average molecular weight is 226 g/mol. The Kier molecular flexibility index (Phi) is 4.78. The van der Waals surface area contributed by atoms with E-state index in [1.54, 1.807) is 0 Å². The number of carbonyl (C=O) groups is 1. The van der Waals surface area contributed by atoms with Crippen molar-refractivity contribution in [3.8, 4) is 0 Å².